The second-order valence-corrected chi connectivity index (χ2v) is 4.63. The van der Waals surface area contributed by atoms with Gasteiger partial charge in [-0.3, -0.25) is 0 Å². The van der Waals surface area contributed by atoms with Gasteiger partial charge >= 0.3 is 0 Å². The van der Waals surface area contributed by atoms with Crippen LogP contribution in [0.3, 0.4) is 0 Å². The van der Waals surface area contributed by atoms with E-state index in [0.29, 0.717) is 6.54 Å². The molecule has 1 aliphatic rings. The zero-order chi connectivity index (χ0) is 12.4. The van der Waals surface area contributed by atoms with Gasteiger partial charge in [0.25, 0.3) is 0 Å². The number of nitrogens with zero attached hydrogens (tertiary/aromatic N) is 2. The van der Waals surface area contributed by atoms with E-state index >= 15 is 0 Å². The van der Waals surface area contributed by atoms with Crippen LogP contribution in [0.25, 0.3) is 11.3 Å². The van der Waals surface area contributed by atoms with Crippen molar-refractivity contribution < 1.29 is 0 Å². The van der Waals surface area contributed by atoms with Gasteiger partial charge in [-0.05, 0) is 24.9 Å². The zero-order valence-corrected chi connectivity index (χ0v) is 10.4. The second-order valence-electron chi connectivity index (χ2n) is 4.63. The average Bonchev–Trinajstić information content (AvgIpc) is 3.04. The fourth-order valence-electron chi connectivity index (χ4n) is 2.54. The number of fused-ring (bicyclic) bond motifs is 1. The minimum Gasteiger partial charge on any atom is -0.384 e. The summed E-state index contributed by atoms with van der Waals surface area (Å²) in [5.41, 5.74) is 10.7. The van der Waals surface area contributed by atoms with Crippen molar-refractivity contribution in [3.63, 3.8) is 0 Å². The summed E-state index contributed by atoms with van der Waals surface area (Å²) in [6.07, 6.45) is 5.91. The van der Waals surface area contributed by atoms with Gasteiger partial charge in [0.2, 0.25) is 0 Å². The molecule has 0 spiro atoms. The highest BCUT2D eigenvalue weighted by Crippen LogP contribution is 2.34. The van der Waals surface area contributed by atoms with E-state index in [0.717, 1.165) is 25.9 Å². The fraction of sp³-hybridized carbons (Fsp3) is 0.357. The first kappa shape index (κ1) is 11.3. The van der Waals surface area contributed by atoms with Crippen LogP contribution in [0, 0.1) is 0 Å². The van der Waals surface area contributed by atoms with Gasteiger partial charge in [-0.15, -0.1) is 0 Å². The number of hydrogen-bond donors (Lipinski definition) is 2. The van der Waals surface area contributed by atoms with Gasteiger partial charge < -0.3 is 15.6 Å². The highest BCUT2D eigenvalue weighted by Gasteiger charge is 2.16. The van der Waals surface area contributed by atoms with Crippen molar-refractivity contribution in [3.8, 4) is 11.3 Å². The molecule has 1 aliphatic heterocycles. The van der Waals surface area contributed by atoms with Gasteiger partial charge in [0.05, 0.1) is 18.2 Å². The molecule has 1 aromatic carbocycles. The summed E-state index contributed by atoms with van der Waals surface area (Å²) in [5.74, 6) is 0. The topological polar surface area (TPSA) is 55.9 Å². The molecule has 0 fully saturated rings. The molecule has 0 bridgehead atoms. The number of nitrogens with one attached hydrogen (secondary N) is 1. The predicted molar refractivity (Wildman–Crippen MR) is 73.5 cm³/mol. The molecule has 0 saturated heterocycles. The van der Waals surface area contributed by atoms with Crippen LogP contribution in [0.4, 0.5) is 5.69 Å². The molecule has 1 aromatic heterocycles. The quantitative estimate of drug-likeness (QED) is 0.860. The van der Waals surface area contributed by atoms with Crippen molar-refractivity contribution in [2.75, 3.05) is 18.4 Å². The lowest BCUT2D eigenvalue weighted by Gasteiger charge is -2.11. The smallest absolute Gasteiger partial charge is 0.0950 e. The molecule has 18 heavy (non-hydrogen) atoms. The normalized spacial score (nSPS) is 13.4. The summed E-state index contributed by atoms with van der Waals surface area (Å²) in [5, 5.41) is 3.47. The minimum atomic E-state index is 0.711. The largest absolute Gasteiger partial charge is 0.384 e. The Labute approximate surface area is 107 Å². The Balaban J connectivity index is 2.00. The molecule has 2 heterocycles. The van der Waals surface area contributed by atoms with Crippen LogP contribution in [0.5, 0.6) is 0 Å². The Morgan fingerprint density at radius 3 is 3.22 bits per heavy atom. The molecule has 94 valence electrons. The highest BCUT2D eigenvalue weighted by atomic mass is 15.0. The molecule has 4 heteroatoms. The third-order valence-electron chi connectivity index (χ3n) is 3.44. The molecule has 3 N–H and O–H groups in total. The maximum atomic E-state index is 5.58. The summed E-state index contributed by atoms with van der Waals surface area (Å²) in [7, 11) is 0. The first-order valence-electron chi connectivity index (χ1n) is 6.46. The predicted octanol–water partition coefficient (Wildman–Crippen LogP) is 1.87. The van der Waals surface area contributed by atoms with E-state index in [-0.39, 0.29) is 0 Å². The first-order chi connectivity index (χ1) is 8.90. The minimum absolute atomic E-state index is 0.711. The van der Waals surface area contributed by atoms with E-state index in [1.807, 2.05) is 12.5 Å². The van der Waals surface area contributed by atoms with Crippen LogP contribution in [0.2, 0.25) is 0 Å². The second kappa shape index (κ2) is 4.82. The van der Waals surface area contributed by atoms with Gasteiger partial charge in [0.1, 0.15) is 0 Å². The summed E-state index contributed by atoms with van der Waals surface area (Å²) in [6, 6.07) is 6.48. The van der Waals surface area contributed by atoms with Gasteiger partial charge in [0, 0.05) is 24.3 Å². The van der Waals surface area contributed by atoms with E-state index in [9.17, 15) is 0 Å². The Hall–Kier alpha value is -1.81. The highest BCUT2D eigenvalue weighted by molar-refractivity contribution is 5.79. The summed E-state index contributed by atoms with van der Waals surface area (Å²) in [4.78, 5) is 4.27. The fourth-order valence-corrected chi connectivity index (χ4v) is 2.54. The number of rotatable bonds is 4. The number of aryl methyl sites for hydroxylation is 1. The maximum Gasteiger partial charge on any atom is 0.0950 e. The van der Waals surface area contributed by atoms with E-state index in [1.54, 1.807) is 0 Å². The number of benzene rings is 1. The summed E-state index contributed by atoms with van der Waals surface area (Å²) < 4.78 is 2.18. The molecule has 4 nitrogen and oxygen atoms in total. The lowest BCUT2D eigenvalue weighted by atomic mass is 10.1. The molecule has 0 unspecified atom stereocenters. The van der Waals surface area contributed by atoms with Gasteiger partial charge in [-0.1, -0.05) is 18.2 Å². The molecule has 0 atom stereocenters. The molecule has 0 aliphatic carbocycles. The average molecular weight is 242 g/mol. The lowest BCUT2D eigenvalue weighted by Crippen LogP contribution is -2.06. The number of hydrogen-bond acceptors (Lipinski definition) is 3. The van der Waals surface area contributed by atoms with E-state index in [2.05, 4.69) is 33.1 Å². The van der Waals surface area contributed by atoms with Crippen molar-refractivity contribution in [2.24, 2.45) is 5.73 Å². The molecule has 0 radical (unpaired) electrons. The van der Waals surface area contributed by atoms with Crippen LogP contribution in [-0.4, -0.2) is 22.6 Å². The van der Waals surface area contributed by atoms with Crippen molar-refractivity contribution in [3.05, 3.63) is 36.3 Å². The maximum absolute atomic E-state index is 5.58. The number of imidazole rings is 1. The number of nitrogens with two attached hydrogens (primary N) is 1. The van der Waals surface area contributed by atoms with Gasteiger partial charge in [0.15, 0.2) is 0 Å². The third kappa shape index (κ3) is 1.88. The first-order valence-corrected chi connectivity index (χ1v) is 6.46. The van der Waals surface area contributed by atoms with Crippen LogP contribution in [0.15, 0.2) is 30.7 Å². The summed E-state index contributed by atoms with van der Waals surface area (Å²) >= 11 is 0. The number of aromatic nitrogens is 2. The molecular formula is C14H18N4. The van der Waals surface area contributed by atoms with Gasteiger partial charge in [-0.2, -0.15) is 0 Å². The van der Waals surface area contributed by atoms with Crippen molar-refractivity contribution in [1.82, 2.24) is 9.55 Å². The van der Waals surface area contributed by atoms with Crippen molar-refractivity contribution in [2.45, 2.75) is 19.4 Å². The standard InChI is InChI=1S/C14H18N4/c15-6-2-8-18-10-16-9-13(18)12-4-1-3-11-5-7-17-14(11)12/h1,3-4,9-10,17H,2,5-8,15H2. The molecule has 0 saturated carbocycles. The van der Waals surface area contributed by atoms with Crippen LogP contribution in [-0.2, 0) is 13.0 Å². The Morgan fingerprint density at radius 2 is 2.33 bits per heavy atom. The Morgan fingerprint density at radius 1 is 1.39 bits per heavy atom. The zero-order valence-electron chi connectivity index (χ0n) is 10.4. The lowest BCUT2D eigenvalue weighted by molar-refractivity contribution is 0.655. The van der Waals surface area contributed by atoms with Crippen LogP contribution in [0.1, 0.15) is 12.0 Å². The Kier molecular flexibility index (Phi) is 3.02. The van der Waals surface area contributed by atoms with Gasteiger partial charge in [-0.25, -0.2) is 4.98 Å². The monoisotopic (exact) mass is 242 g/mol. The van der Waals surface area contributed by atoms with Crippen molar-refractivity contribution in [1.29, 1.82) is 0 Å². The summed E-state index contributed by atoms with van der Waals surface area (Å²) in [6.45, 7) is 2.67. The van der Waals surface area contributed by atoms with E-state index in [4.69, 9.17) is 5.73 Å². The molecule has 0 amide bonds. The van der Waals surface area contributed by atoms with Crippen molar-refractivity contribution >= 4 is 5.69 Å². The number of para-hydroxylation sites is 1. The van der Waals surface area contributed by atoms with E-state index in [1.165, 1.54) is 22.5 Å². The molecule has 2 aromatic rings. The third-order valence-corrected chi connectivity index (χ3v) is 3.44. The molecule has 3 rings (SSSR count). The molecular weight excluding hydrogens is 224 g/mol. The number of anilines is 1. The SMILES string of the molecule is NCCCn1cncc1-c1cccc2c1NCC2. The Bertz CT molecular complexity index is 544. The van der Waals surface area contributed by atoms with Crippen LogP contribution < -0.4 is 11.1 Å². The van der Waals surface area contributed by atoms with Crippen LogP contribution >= 0.6 is 0 Å². The van der Waals surface area contributed by atoms with E-state index < -0.39 is 0 Å².